The molecule has 17 heavy (non-hydrogen) atoms. The third kappa shape index (κ3) is 2.11. The van der Waals surface area contributed by atoms with E-state index in [0.29, 0.717) is 24.2 Å². The first-order valence-corrected chi connectivity index (χ1v) is 6.55. The Morgan fingerprint density at radius 3 is 2.65 bits per heavy atom. The summed E-state index contributed by atoms with van der Waals surface area (Å²) in [6.07, 6.45) is 3.17. The first-order valence-electron chi connectivity index (χ1n) is 6.55. The molecule has 2 aliphatic rings. The Labute approximate surface area is 103 Å². The molecule has 3 unspecified atom stereocenters. The molecule has 1 N–H and O–H groups in total. The van der Waals surface area contributed by atoms with E-state index in [-0.39, 0.29) is 11.9 Å². The first-order chi connectivity index (χ1) is 7.91. The van der Waals surface area contributed by atoms with Crippen LogP contribution in [0.5, 0.6) is 0 Å². The molecule has 2 rings (SSSR count). The highest BCUT2D eigenvalue weighted by atomic mass is 16.3. The van der Waals surface area contributed by atoms with Crippen LogP contribution in [0.4, 0.5) is 0 Å². The van der Waals surface area contributed by atoms with Crippen LogP contribution in [0.3, 0.4) is 0 Å². The van der Waals surface area contributed by atoms with E-state index in [1.807, 2.05) is 6.92 Å². The maximum atomic E-state index is 11.8. The van der Waals surface area contributed by atoms with E-state index in [2.05, 4.69) is 26.8 Å². The third-order valence-corrected chi connectivity index (χ3v) is 4.31. The van der Waals surface area contributed by atoms with Crippen molar-refractivity contribution in [2.45, 2.75) is 46.6 Å². The van der Waals surface area contributed by atoms with Gasteiger partial charge in [0.15, 0.2) is 5.78 Å². The Bertz CT molecular complexity index is 401. The summed E-state index contributed by atoms with van der Waals surface area (Å²) in [6.45, 7) is 8.28. The molecule has 2 heteroatoms. The summed E-state index contributed by atoms with van der Waals surface area (Å²) in [5.41, 5.74) is 3.18. The molecular weight excluding hydrogens is 212 g/mol. The average molecular weight is 234 g/mol. The summed E-state index contributed by atoms with van der Waals surface area (Å²) < 4.78 is 0. The molecule has 0 amide bonds. The van der Waals surface area contributed by atoms with Gasteiger partial charge in [-0.2, -0.15) is 0 Å². The van der Waals surface area contributed by atoms with Crippen LogP contribution in [-0.2, 0) is 4.79 Å². The van der Waals surface area contributed by atoms with Crippen molar-refractivity contribution in [3.8, 4) is 0 Å². The predicted molar refractivity (Wildman–Crippen MR) is 68.5 cm³/mol. The molecule has 2 nitrogen and oxygen atoms in total. The molecule has 0 heterocycles. The van der Waals surface area contributed by atoms with Gasteiger partial charge in [0.05, 0.1) is 6.10 Å². The normalized spacial score (nSPS) is 33.9. The van der Waals surface area contributed by atoms with E-state index in [4.69, 9.17) is 0 Å². The van der Waals surface area contributed by atoms with Gasteiger partial charge in [0.2, 0.25) is 0 Å². The van der Waals surface area contributed by atoms with E-state index >= 15 is 0 Å². The number of carbonyl (C=O) groups is 1. The fourth-order valence-corrected chi connectivity index (χ4v) is 3.10. The first kappa shape index (κ1) is 12.6. The van der Waals surface area contributed by atoms with Gasteiger partial charge in [-0.15, -0.1) is 0 Å². The number of hydrogen-bond donors (Lipinski definition) is 1. The van der Waals surface area contributed by atoms with Crippen LogP contribution in [0.2, 0.25) is 0 Å². The molecule has 94 valence electrons. The zero-order valence-electron chi connectivity index (χ0n) is 11.2. The van der Waals surface area contributed by atoms with Crippen molar-refractivity contribution in [1.82, 2.24) is 0 Å². The number of allylic oxidation sites excluding steroid dienone is 3. The molecular formula is C15H22O2. The fraction of sp³-hybridized carbons (Fsp3) is 0.667. The van der Waals surface area contributed by atoms with Crippen LogP contribution in [0.1, 0.15) is 40.5 Å². The summed E-state index contributed by atoms with van der Waals surface area (Å²) in [5, 5.41) is 10.2. The van der Waals surface area contributed by atoms with Crippen LogP contribution in [0, 0.1) is 17.8 Å². The zero-order chi connectivity index (χ0) is 12.7. The van der Waals surface area contributed by atoms with Gasteiger partial charge in [-0.3, -0.25) is 4.79 Å². The summed E-state index contributed by atoms with van der Waals surface area (Å²) in [6, 6.07) is 0. The lowest BCUT2D eigenvalue weighted by atomic mass is 9.86. The van der Waals surface area contributed by atoms with E-state index in [0.717, 1.165) is 17.6 Å². The standard InChI is InChI=1S/C15H22O2/c1-8(2)11-6-13-10(4)14(16)7-12(13)9(3)5-15(11)17/h6,8-9,12,15,17H,5,7H2,1-4H3. The molecule has 0 spiro atoms. The molecule has 0 fully saturated rings. The van der Waals surface area contributed by atoms with Gasteiger partial charge in [-0.05, 0) is 47.8 Å². The van der Waals surface area contributed by atoms with Crippen molar-refractivity contribution in [1.29, 1.82) is 0 Å². The zero-order valence-corrected chi connectivity index (χ0v) is 11.2. The topological polar surface area (TPSA) is 37.3 Å². The summed E-state index contributed by atoms with van der Waals surface area (Å²) in [5.74, 6) is 1.34. The average Bonchev–Trinajstić information content (AvgIpc) is 2.44. The number of aliphatic hydroxyl groups is 1. The van der Waals surface area contributed by atoms with Gasteiger partial charge in [0, 0.05) is 6.42 Å². The maximum Gasteiger partial charge on any atom is 0.159 e. The quantitative estimate of drug-likeness (QED) is 0.757. The van der Waals surface area contributed by atoms with Crippen LogP contribution in [-0.4, -0.2) is 17.0 Å². The number of Topliss-reactive ketones (excluding diaryl/α,β-unsaturated/α-hetero) is 1. The van der Waals surface area contributed by atoms with Gasteiger partial charge < -0.3 is 5.11 Å². The maximum absolute atomic E-state index is 11.8. The largest absolute Gasteiger partial charge is 0.389 e. The minimum absolute atomic E-state index is 0.285. The second kappa shape index (κ2) is 4.41. The molecule has 0 bridgehead atoms. The van der Waals surface area contributed by atoms with Gasteiger partial charge >= 0.3 is 0 Å². The highest BCUT2D eigenvalue weighted by Crippen LogP contribution is 2.42. The van der Waals surface area contributed by atoms with Crippen molar-refractivity contribution >= 4 is 5.78 Å². The van der Waals surface area contributed by atoms with Gasteiger partial charge in [0.1, 0.15) is 0 Å². The highest BCUT2D eigenvalue weighted by molar-refractivity contribution is 5.99. The number of rotatable bonds is 1. The Kier molecular flexibility index (Phi) is 3.26. The molecule has 0 saturated carbocycles. The van der Waals surface area contributed by atoms with Gasteiger partial charge in [-0.25, -0.2) is 0 Å². The van der Waals surface area contributed by atoms with Crippen molar-refractivity contribution in [2.75, 3.05) is 0 Å². The second-order valence-electron chi connectivity index (χ2n) is 5.84. The second-order valence-corrected chi connectivity index (χ2v) is 5.84. The van der Waals surface area contributed by atoms with Crippen molar-refractivity contribution < 1.29 is 9.90 Å². The molecule has 3 atom stereocenters. The van der Waals surface area contributed by atoms with Crippen molar-refractivity contribution in [3.05, 3.63) is 22.8 Å². The monoisotopic (exact) mass is 234 g/mol. The number of aliphatic hydroxyl groups excluding tert-OH is 1. The van der Waals surface area contributed by atoms with Gasteiger partial charge in [-0.1, -0.05) is 26.8 Å². The minimum Gasteiger partial charge on any atom is -0.389 e. The van der Waals surface area contributed by atoms with E-state index in [9.17, 15) is 9.90 Å². The lowest BCUT2D eigenvalue weighted by Gasteiger charge is -2.20. The van der Waals surface area contributed by atoms with Crippen LogP contribution in [0.15, 0.2) is 22.8 Å². The molecule has 0 aromatic rings. The van der Waals surface area contributed by atoms with Crippen LogP contribution < -0.4 is 0 Å². The Hall–Kier alpha value is -0.890. The summed E-state index contributed by atoms with van der Waals surface area (Å²) in [7, 11) is 0. The van der Waals surface area contributed by atoms with Crippen LogP contribution in [0.25, 0.3) is 0 Å². The number of ketones is 1. The Morgan fingerprint density at radius 2 is 2.06 bits per heavy atom. The molecule has 0 aliphatic heterocycles. The lowest BCUT2D eigenvalue weighted by molar-refractivity contribution is -0.115. The number of carbonyl (C=O) groups excluding carboxylic acids is 1. The fourth-order valence-electron chi connectivity index (χ4n) is 3.10. The third-order valence-electron chi connectivity index (χ3n) is 4.31. The summed E-state index contributed by atoms with van der Waals surface area (Å²) in [4.78, 5) is 11.8. The molecule has 2 aliphatic carbocycles. The number of hydrogen-bond acceptors (Lipinski definition) is 2. The van der Waals surface area contributed by atoms with Crippen molar-refractivity contribution in [2.24, 2.45) is 17.8 Å². The summed E-state index contributed by atoms with van der Waals surface area (Å²) >= 11 is 0. The molecule has 0 saturated heterocycles. The molecule has 0 radical (unpaired) electrons. The van der Waals surface area contributed by atoms with Crippen LogP contribution >= 0.6 is 0 Å². The van der Waals surface area contributed by atoms with E-state index in [1.165, 1.54) is 5.57 Å². The smallest absolute Gasteiger partial charge is 0.159 e. The van der Waals surface area contributed by atoms with Crippen molar-refractivity contribution in [3.63, 3.8) is 0 Å². The Balaban J connectivity index is 2.48. The lowest BCUT2D eigenvalue weighted by Crippen LogP contribution is -2.19. The molecule has 0 aromatic carbocycles. The number of fused-ring (bicyclic) bond motifs is 1. The highest BCUT2D eigenvalue weighted by Gasteiger charge is 2.36. The van der Waals surface area contributed by atoms with Gasteiger partial charge in [0.25, 0.3) is 0 Å². The van der Waals surface area contributed by atoms with E-state index in [1.54, 1.807) is 0 Å². The molecule has 0 aromatic heterocycles. The predicted octanol–water partition coefficient (Wildman–Crippen LogP) is 2.88. The van der Waals surface area contributed by atoms with E-state index < -0.39 is 0 Å². The SMILES string of the molecule is CC1=C2C=C(C(C)C)C(O)CC(C)C2CC1=O. The minimum atomic E-state index is -0.342. The Morgan fingerprint density at radius 1 is 1.41 bits per heavy atom.